The number of esters is 1. The number of ether oxygens (including phenoxy) is 1. The summed E-state index contributed by atoms with van der Waals surface area (Å²) in [5, 5.41) is 17.5. The number of carboxylic acids is 1. The lowest BCUT2D eigenvalue weighted by molar-refractivity contribution is -0.158. The number of rotatable bonds is 12. The first kappa shape index (κ1) is 18.6. The van der Waals surface area contributed by atoms with Gasteiger partial charge in [0.05, 0.1) is 13.0 Å². The van der Waals surface area contributed by atoms with E-state index in [-0.39, 0.29) is 12.4 Å². The summed E-state index contributed by atoms with van der Waals surface area (Å²) in [7, 11) is 0. The van der Waals surface area contributed by atoms with Crippen LogP contribution >= 0.6 is 0 Å². The molecule has 0 saturated carbocycles. The maximum atomic E-state index is 11.1. The molecule has 0 aliphatic heterocycles. The molecular formula is C14H24O6. The molecule has 0 aromatic heterocycles. The summed E-state index contributed by atoms with van der Waals surface area (Å²) in [5.74, 6) is -1.90. The third-order valence-corrected chi connectivity index (χ3v) is 2.81. The van der Waals surface area contributed by atoms with Crippen molar-refractivity contribution in [3.63, 3.8) is 0 Å². The van der Waals surface area contributed by atoms with Crippen LogP contribution in [-0.4, -0.2) is 40.6 Å². The van der Waals surface area contributed by atoms with Gasteiger partial charge in [-0.25, -0.2) is 4.79 Å². The van der Waals surface area contributed by atoms with Crippen LogP contribution in [0.25, 0.3) is 0 Å². The van der Waals surface area contributed by atoms with Gasteiger partial charge in [-0.1, -0.05) is 25.7 Å². The number of aliphatic carboxylic acids is 1. The molecule has 6 nitrogen and oxygen atoms in total. The number of carbonyl (C=O) groups is 3. The van der Waals surface area contributed by atoms with Crippen LogP contribution in [0.3, 0.4) is 0 Å². The van der Waals surface area contributed by atoms with Gasteiger partial charge in [-0.15, -0.1) is 0 Å². The van der Waals surface area contributed by atoms with Crippen molar-refractivity contribution in [2.75, 3.05) is 6.61 Å². The zero-order valence-electron chi connectivity index (χ0n) is 12.0. The molecular weight excluding hydrogens is 264 g/mol. The number of carboxylic acid groups (broad SMARTS) is 1. The molecule has 0 bridgehead atoms. The number of aliphatic hydroxyl groups is 1. The number of hydrogen-bond acceptors (Lipinski definition) is 5. The first-order chi connectivity index (χ1) is 9.43. The average Bonchev–Trinajstić information content (AvgIpc) is 2.35. The molecule has 0 heterocycles. The van der Waals surface area contributed by atoms with E-state index >= 15 is 0 Å². The van der Waals surface area contributed by atoms with Crippen LogP contribution in [0, 0.1) is 0 Å². The molecule has 2 N–H and O–H groups in total. The molecule has 0 radical (unpaired) electrons. The second kappa shape index (κ2) is 11.4. The zero-order valence-corrected chi connectivity index (χ0v) is 12.0. The molecule has 0 amide bonds. The minimum absolute atomic E-state index is 0.197. The van der Waals surface area contributed by atoms with E-state index in [1.54, 1.807) is 6.92 Å². The van der Waals surface area contributed by atoms with E-state index in [9.17, 15) is 14.4 Å². The maximum absolute atomic E-state index is 11.1. The smallest absolute Gasteiger partial charge is 0.335 e. The Balaban J connectivity index is 3.37. The van der Waals surface area contributed by atoms with Crippen molar-refractivity contribution in [2.24, 2.45) is 0 Å². The molecule has 0 aromatic carbocycles. The van der Waals surface area contributed by atoms with Gasteiger partial charge in [0, 0.05) is 6.42 Å². The Morgan fingerprint density at radius 3 is 2.10 bits per heavy atom. The van der Waals surface area contributed by atoms with Gasteiger partial charge >= 0.3 is 11.9 Å². The largest absolute Gasteiger partial charge is 0.481 e. The number of ketones is 1. The van der Waals surface area contributed by atoms with E-state index in [0.717, 1.165) is 32.1 Å². The zero-order chi connectivity index (χ0) is 15.4. The molecule has 1 atom stereocenters. The molecule has 0 aliphatic carbocycles. The van der Waals surface area contributed by atoms with E-state index in [4.69, 9.17) is 14.9 Å². The predicted octanol–water partition coefficient (Wildman–Crippen LogP) is 1.68. The van der Waals surface area contributed by atoms with Gasteiger partial charge in [0.1, 0.15) is 5.78 Å². The van der Waals surface area contributed by atoms with Crippen molar-refractivity contribution in [3.8, 4) is 0 Å². The highest BCUT2D eigenvalue weighted by molar-refractivity contribution is 5.80. The second-order valence-electron chi connectivity index (χ2n) is 4.85. The van der Waals surface area contributed by atoms with Crippen LogP contribution < -0.4 is 0 Å². The topological polar surface area (TPSA) is 101 Å². The van der Waals surface area contributed by atoms with Crippen molar-refractivity contribution < 1.29 is 29.3 Å². The summed E-state index contributed by atoms with van der Waals surface area (Å²) in [6.45, 7) is 1.79. The fraction of sp³-hybridized carbons (Fsp3) is 0.786. The van der Waals surface area contributed by atoms with Crippen molar-refractivity contribution in [1.82, 2.24) is 0 Å². The number of Topliss-reactive ketones (excluding diaryl/α,β-unsaturated/α-hetero) is 1. The van der Waals surface area contributed by atoms with Crippen LogP contribution in [0.2, 0.25) is 0 Å². The summed E-state index contributed by atoms with van der Waals surface area (Å²) in [5.41, 5.74) is 0. The van der Waals surface area contributed by atoms with Crippen molar-refractivity contribution in [3.05, 3.63) is 0 Å². The van der Waals surface area contributed by atoms with E-state index in [2.05, 4.69) is 0 Å². The number of carbonyl (C=O) groups excluding carboxylic acids is 2. The summed E-state index contributed by atoms with van der Waals surface area (Å²) in [6.07, 6.45) is 4.02. The van der Waals surface area contributed by atoms with Crippen molar-refractivity contribution >= 4 is 17.7 Å². The summed E-state index contributed by atoms with van der Waals surface area (Å²) in [4.78, 5) is 32.1. The Bertz CT molecular complexity index is 313. The fourth-order valence-corrected chi connectivity index (χ4v) is 1.70. The van der Waals surface area contributed by atoms with Crippen molar-refractivity contribution in [1.29, 1.82) is 0 Å². The third kappa shape index (κ3) is 11.6. The third-order valence-electron chi connectivity index (χ3n) is 2.81. The van der Waals surface area contributed by atoms with E-state index in [0.29, 0.717) is 12.8 Å². The van der Waals surface area contributed by atoms with Crippen LogP contribution in [0.15, 0.2) is 0 Å². The van der Waals surface area contributed by atoms with Crippen LogP contribution in [0.5, 0.6) is 0 Å². The summed E-state index contributed by atoms with van der Waals surface area (Å²) in [6, 6.07) is 0. The van der Waals surface area contributed by atoms with Gasteiger partial charge in [-0.05, 0) is 19.8 Å². The van der Waals surface area contributed by atoms with Crippen LogP contribution in [0.1, 0.15) is 58.3 Å². The Labute approximate surface area is 119 Å². The number of aliphatic hydroxyl groups excluding tert-OH is 1. The average molecular weight is 288 g/mol. The van der Waals surface area contributed by atoms with Gasteiger partial charge in [0.15, 0.2) is 6.10 Å². The normalized spacial score (nSPS) is 11.9. The Morgan fingerprint density at radius 2 is 1.55 bits per heavy atom. The van der Waals surface area contributed by atoms with Crippen LogP contribution in [0.4, 0.5) is 0 Å². The predicted molar refractivity (Wildman–Crippen MR) is 72.2 cm³/mol. The lowest BCUT2D eigenvalue weighted by atomic mass is 10.1. The SMILES string of the molecule is CC(=O)CCCCCCCCOC(=O)C(O)CC(=O)O. The molecule has 20 heavy (non-hydrogen) atoms. The van der Waals surface area contributed by atoms with Gasteiger partial charge in [-0.2, -0.15) is 0 Å². The standard InChI is InChI=1S/C14H24O6/c1-11(15)8-6-4-2-3-5-7-9-20-14(19)12(16)10-13(17)18/h12,16H,2-10H2,1H3,(H,17,18). The monoisotopic (exact) mass is 288 g/mol. The lowest BCUT2D eigenvalue weighted by Crippen LogP contribution is -2.26. The molecule has 6 heteroatoms. The lowest BCUT2D eigenvalue weighted by Gasteiger charge is -2.08. The number of unbranched alkanes of at least 4 members (excludes halogenated alkanes) is 5. The Morgan fingerprint density at radius 1 is 1.00 bits per heavy atom. The minimum atomic E-state index is -1.58. The molecule has 0 spiro atoms. The van der Waals surface area contributed by atoms with E-state index < -0.39 is 24.5 Å². The van der Waals surface area contributed by atoms with E-state index in [1.165, 1.54) is 0 Å². The molecule has 1 unspecified atom stereocenters. The maximum Gasteiger partial charge on any atom is 0.335 e. The highest BCUT2D eigenvalue weighted by Gasteiger charge is 2.19. The second-order valence-corrected chi connectivity index (χ2v) is 4.85. The van der Waals surface area contributed by atoms with Crippen molar-refractivity contribution in [2.45, 2.75) is 64.4 Å². The fourth-order valence-electron chi connectivity index (χ4n) is 1.70. The molecule has 0 saturated heterocycles. The quantitative estimate of drug-likeness (QED) is 0.418. The highest BCUT2D eigenvalue weighted by Crippen LogP contribution is 2.08. The Kier molecular flexibility index (Phi) is 10.6. The first-order valence-electron chi connectivity index (χ1n) is 6.99. The van der Waals surface area contributed by atoms with Crippen LogP contribution in [-0.2, 0) is 19.1 Å². The molecule has 116 valence electrons. The highest BCUT2D eigenvalue weighted by atomic mass is 16.5. The summed E-state index contributed by atoms with van der Waals surface area (Å²) >= 11 is 0. The summed E-state index contributed by atoms with van der Waals surface area (Å²) < 4.78 is 4.77. The Hall–Kier alpha value is -1.43. The van der Waals surface area contributed by atoms with E-state index in [1.807, 2.05) is 0 Å². The van der Waals surface area contributed by atoms with Gasteiger partial charge in [0.2, 0.25) is 0 Å². The molecule has 0 aromatic rings. The van der Waals surface area contributed by atoms with Gasteiger partial charge in [-0.3, -0.25) is 4.79 Å². The number of hydrogen-bond donors (Lipinski definition) is 2. The first-order valence-corrected chi connectivity index (χ1v) is 6.99. The van der Waals surface area contributed by atoms with Gasteiger partial charge < -0.3 is 19.7 Å². The molecule has 0 aliphatic rings. The molecule has 0 rings (SSSR count). The van der Waals surface area contributed by atoms with Gasteiger partial charge in [0.25, 0.3) is 0 Å². The minimum Gasteiger partial charge on any atom is -0.481 e. The molecule has 0 fully saturated rings.